The molecular weight excluding hydrogens is 410 g/mol. The molecule has 1 amide bonds. The Morgan fingerprint density at radius 3 is 2.57 bits per heavy atom. The van der Waals surface area contributed by atoms with Gasteiger partial charge in [0.15, 0.2) is 5.69 Å². The normalized spacial score (nSPS) is 15.9. The van der Waals surface area contributed by atoms with Crippen LogP contribution >= 0.6 is 22.6 Å². The van der Waals surface area contributed by atoms with Crippen LogP contribution in [0.25, 0.3) is 0 Å². The van der Waals surface area contributed by atoms with Crippen LogP contribution in [-0.2, 0) is 13.6 Å². The van der Waals surface area contributed by atoms with Gasteiger partial charge in [-0.1, -0.05) is 18.2 Å². The number of hydrogen-bond donors (Lipinski definition) is 0. The van der Waals surface area contributed by atoms with Gasteiger partial charge in [-0.05, 0) is 28.7 Å². The monoisotopic (exact) mass is 428 g/mol. The SMILES string of the molecule is Cn1cc(I)c(C(=O)N2CCN(Cc3ccccc3F)CC2)n1. The standard InChI is InChI=1S/C16H18FIN4O/c1-20-11-14(18)15(19-20)16(23)22-8-6-21(7-9-22)10-12-4-2-3-5-13(12)17/h2-5,11H,6-10H2,1H3. The highest BCUT2D eigenvalue weighted by molar-refractivity contribution is 14.1. The van der Waals surface area contributed by atoms with Gasteiger partial charge >= 0.3 is 0 Å². The molecule has 0 bridgehead atoms. The van der Waals surface area contributed by atoms with E-state index in [0.717, 1.165) is 16.7 Å². The molecule has 1 aliphatic rings. The molecule has 0 spiro atoms. The summed E-state index contributed by atoms with van der Waals surface area (Å²) >= 11 is 2.13. The minimum Gasteiger partial charge on any atom is -0.335 e. The predicted molar refractivity (Wildman–Crippen MR) is 93.5 cm³/mol. The van der Waals surface area contributed by atoms with E-state index in [1.807, 2.05) is 30.3 Å². The van der Waals surface area contributed by atoms with E-state index in [0.29, 0.717) is 30.9 Å². The smallest absolute Gasteiger partial charge is 0.275 e. The summed E-state index contributed by atoms with van der Waals surface area (Å²) in [6.45, 7) is 3.34. The number of amides is 1. The minimum atomic E-state index is -0.172. The molecule has 1 aromatic heterocycles. The Morgan fingerprint density at radius 2 is 1.96 bits per heavy atom. The second-order valence-electron chi connectivity index (χ2n) is 5.66. The van der Waals surface area contributed by atoms with Gasteiger partial charge in [0.25, 0.3) is 5.91 Å². The van der Waals surface area contributed by atoms with Crippen LogP contribution < -0.4 is 0 Å². The van der Waals surface area contributed by atoms with Gasteiger partial charge < -0.3 is 4.90 Å². The fraction of sp³-hybridized carbons (Fsp3) is 0.375. The summed E-state index contributed by atoms with van der Waals surface area (Å²) in [5, 5.41) is 4.24. The fourth-order valence-corrected chi connectivity index (χ4v) is 3.47. The van der Waals surface area contributed by atoms with Gasteiger partial charge in [-0.2, -0.15) is 5.10 Å². The highest BCUT2D eigenvalue weighted by Gasteiger charge is 2.25. The third kappa shape index (κ3) is 3.72. The van der Waals surface area contributed by atoms with Gasteiger partial charge in [0.1, 0.15) is 5.82 Å². The number of aryl methyl sites for hydroxylation is 1. The van der Waals surface area contributed by atoms with E-state index in [1.165, 1.54) is 6.07 Å². The van der Waals surface area contributed by atoms with E-state index in [9.17, 15) is 9.18 Å². The molecule has 2 heterocycles. The molecule has 0 aliphatic carbocycles. The lowest BCUT2D eigenvalue weighted by Gasteiger charge is -2.34. The van der Waals surface area contributed by atoms with E-state index in [-0.39, 0.29) is 11.7 Å². The molecular formula is C16H18FIN4O. The zero-order chi connectivity index (χ0) is 16.4. The summed E-state index contributed by atoms with van der Waals surface area (Å²) in [4.78, 5) is 16.5. The first-order valence-corrected chi connectivity index (χ1v) is 8.56. The van der Waals surface area contributed by atoms with Crippen LogP contribution in [0.3, 0.4) is 0 Å². The number of benzene rings is 1. The first-order chi connectivity index (χ1) is 11.0. The van der Waals surface area contributed by atoms with Gasteiger partial charge in [0.2, 0.25) is 0 Å². The summed E-state index contributed by atoms with van der Waals surface area (Å²) in [6, 6.07) is 6.84. The van der Waals surface area contributed by atoms with Crippen LogP contribution in [0.4, 0.5) is 4.39 Å². The Kier molecular flexibility index (Phi) is 4.96. The number of aromatic nitrogens is 2. The molecule has 2 aromatic rings. The molecule has 0 radical (unpaired) electrons. The molecule has 23 heavy (non-hydrogen) atoms. The fourth-order valence-electron chi connectivity index (χ4n) is 2.73. The molecule has 0 saturated carbocycles. The maximum Gasteiger partial charge on any atom is 0.275 e. The van der Waals surface area contributed by atoms with E-state index >= 15 is 0 Å². The van der Waals surface area contributed by atoms with Crippen molar-refractivity contribution in [3.63, 3.8) is 0 Å². The molecule has 0 atom stereocenters. The number of rotatable bonds is 3. The summed E-state index contributed by atoms with van der Waals surface area (Å²) in [6.07, 6.45) is 1.84. The van der Waals surface area contributed by atoms with Crippen LogP contribution in [0.5, 0.6) is 0 Å². The maximum absolute atomic E-state index is 13.7. The molecule has 1 aliphatic heterocycles. The van der Waals surface area contributed by atoms with Crippen molar-refractivity contribution in [2.45, 2.75) is 6.54 Å². The first kappa shape index (κ1) is 16.4. The van der Waals surface area contributed by atoms with Crippen LogP contribution in [0.1, 0.15) is 16.1 Å². The summed E-state index contributed by atoms with van der Waals surface area (Å²) in [5.74, 6) is -0.199. The number of hydrogen-bond acceptors (Lipinski definition) is 3. The summed E-state index contributed by atoms with van der Waals surface area (Å²) < 4.78 is 16.2. The first-order valence-electron chi connectivity index (χ1n) is 7.49. The lowest BCUT2D eigenvalue weighted by atomic mass is 10.2. The van der Waals surface area contributed by atoms with Crippen molar-refractivity contribution in [3.8, 4) is 0 Å². The molecule has 1 fully saturated rings. The second-order valence-corrected chi connectivity index (χ2v) is 6.82. The van der Waals surface area contributed by atoms with Crippen molar-refractivity contribution >= 4 is 28.5 Å². The van der Waals surface area contributed by atoms with Gasteiger partial charge in [-0.25, -0.2) is 4.39 Å². The Balaban J connectivity index is 1.59. The average Bonchev–Trinajstić information content (AvgIpc) is 2.88. The van der Waals surface area contributed by atoms with Crippen molar-refractivity contribution in [3.05, 3.63) is 51.1 Å². The van der Waals surface area contributed by atoms with Crippen molar-refractivity contribution in [2.24, 2.45) is 7.05 Å². The molecule has 1 aromatic carbocycles. The Morgan fingerprint density at radius 1 is 1.26 bits per heavy atom. The Bertz CT molecular complexity index is 710. The van der Waals surface area contributed by atoms with Crippen LogP contribution in [0, 0.1) is 9.39 Å². The van der Waals surface area contributed by atoms with E-state index in [1.54, 1.807) is 10.7 Å². The quantitative estimate of drug-likeness (QED) is 0.704. The van der Waals surface area contributed by atoms with Gasteiger partial charge in [0, 0.05) is 51.5 Å². The minimum absolute atomic E-state index is 0.0273. The van der Waals surface area contributed by atoms with Crippen molar-refractivity contribution < 1.29 is 9.18 Å². The second kappa shape index (κ2) is 6.96. The summed E-state index contributed by atoms with van der Waals surface area (Å²) in [7, 11) is 1.81. The zero-order valence-electron chi connectivity index (χ0n) is 12.9. The Labute approximate surface area is 148 Å². The van der Waals surface area contributed by atoms with Gasteiger partial charge in [-0.3, -0.25) is 14.4 Å². The maximum atomic E-state index is 13.7. The lowest BCUT2D eigenvalue weighted by molar-refractivity contribution is 0.0619. The zero-order valence-corrected chi connectivity index (χ0v) is 15.0. The molecule has 3 rings (SSSR count). The molecule has 0 unspecified atom stereocenters. The van der Waals surface area contributed by atoms with Crippen LogP contribution in [0.15, 0.2) is 30.5 Å². The molecule has 7 heteroatoms. The summed E-state index contributed by atoms with van der Waals surface area (Å²) in [5.41, 5.74) is 1.21. The Hall–Kier alpha value is -1.48. The molecule has 122 valence electrons. The number of carbonyl (C=O) groups is 1. The third-order valence-corrected chi connectivity index (χ3v) is 4.79. The lowest BCUT2D eigenvalue weighted by Crippen LogP contribution is -2.48. The highest BCUT2D eigenvalue weighted by atomic mass is 127. The predicted octanol–water partition coefficient (Wildman–Crippen LogP) is 2.12. The van der Waals surface area contributed by atoms with Crippen LogP contribution in [-0.4, -0.2) is 51.7 Å². The van der Waals surface area contributed by atoms with Crippen LogP contribution in [0.2, 0.25) is 0 Å². The average molecular weight is 428 g/mol. The molecule has 5 nitrogen and oxygen atoms in total. The van der Waals surface area contributed by atoms with Gasteiger partial charge in [0.05, 0.1) is 3.57 Å². The number of nitrogens with zero attached hydrogens (tertiary/aromatic N) is 4. The molecule has 1 saturated heterocycles. The molecule has 0 N–H and O–H groups in total. The number of piperazine rings is 1. The van der Waals surface area contributed by atoms with Crippen molar-refractivity contribution in [1.29, 1.82) is 0 Å². The van der Waals surface area contributed by atoms with Crippen molar-refractivity contribution in [2.75, 3.05) is 26.2 Å². The number of carbonyl (C=O) groups excluding carboxylic acids is 1. The van der Waals surface area contributed by atoms with E-state index in [2.05, 4.69) is 32.6 Å². The van der Waals surface area contributed by atoms with E-state index < -0.39 is 0 Å². The van der Waals surface area contributed by atoms with E-state index in [4.69, 9.17) is 0 Å². The van der Waals surface area contributed by atoms with Crippen molar-refractivity contribution in [1.82, 2.24) is 19.6 Å². The largest absolute Gasteiger partial charge is 0.335 e. The van der Waals surface area contributed by atoms with Gasteiger partial charge in [-0.15, -0.1) is 0 Å². The topological polar surface area (TPSA) is 41.4 Å². The number of halogens is 2. The highest BCUT2D eigenvalue weighted by Crippen LogP contribution is 2.16. The third-order valence-electron chi connectivity index (χ3n) is 4.00.